The number of ether oxygens (including phenoxy) is 1. The molecule has 0 N–H and O–H groups in total. The maximum Gasteiger partial charge on any atom is 0.286 e. The number of fused-ring (bicyclic) bond motifs is 1. The van der Waals surface area contributed by atoms with Gasteiger partial charge in [-0.1, -0.05) is 34.9 Å². The van der Waals surface area contributed by atoms with Gasteiger partial charge in [0, 0.05) is 11.1 Å². The first-order valence-corrected chi connectivity index (χ1v) is 9.37. The molecule has 0 bridgehead atoms. The van der Waals surface area contributed by atoms with Gasteiger partial charge in [-0.25, -0.2) is 0 Å². The zero-order valence-electron chi connectivity index (χ0n) is 14.7. The molecule has 0 atom stereocenters. The van der Waals surface area contributed by atoms with Gasteiger partial charge in [0.2, 0.25) is 0 Å². The molecule has 142 valence electrons. The third-order valence-corrected chi connectivity index (χ3v) is 5.07. The van der Waals surface area contributed by atoms with Gasteiger partial charge in [0.25, 0.3) is 11.6 Å². The summed E-state index contributed by atoms with van der Waals surface area (Å²) < 4.78 is 8.17. The van der Waals surface area contributed by atoms with Crippen molar-refractivity contribution in [3.63, 3.8) is 0 Å². The van der Waals surface area contributed by atoms with Crippen LogP contribution in [0.1, 0.15) is 17.3 Å². The van der Waals surface area contributed by atoms with Crippen LogP contribution in [-0.2, 0) is 6.54 Å². The van der Waals surface area contributed by atoms with Crippen molar-refractivity contribution in [3.8, 4) is 18.1 Å². The third kappa shape index (κ3) is 3.76. The van der Waals surface area contributed by atoms with Crippen LogP contribution >= 0.6 is 22.9 Å². The number of para-hydroxylation sites is 1. The summed E-state index contributed by atoms with van der Waals surface area (Å²) in [5.74, 6) is 2.38. The maximum atomic E-state index is 12.7. The Morgan fingerprint density at radius 1 is 1.43 bits per heavy atom. The molecule has 2 aromatic carbocycles. The lowest BCUT2D eigenvalue weighted by Crippen LogP contribution is -2.17. The fraction of sp³-hybridized carbons (Fsp3) is 0.158. The number of nitro groups is 1. The van der Waals surface area contributed by atoms with Crippen molar-refractivity contribution >= 4 is 44.7 Å². The zero-order valence-corrected chi connectivity index (χ0v) is 16.3. The smallest absolute Gasteiger partial charge is 0.286 e. The molecule has 1 aromatic heterocycles. The van der Waals surface area contributed by atoms with Crippen LogP contribution < -0.4 is 9.54 Å². The minimum absolute atomic E-state index is 0.161. The fourth-order valence-electron chi connectivity index (χ4n) is 2.68. The number of benzene rings is 2. The second kappa shape index (κ2) is 8.25. The Kier molecular flexibility index (Phi) is 5.78. The summed E-state index contributed by atoms with van der Waals surface area (Å²) >= 11 is 7.15. The molecule has 0 aliphatic carbocycles. The minimum atomic E-state index is -0.774. The lowest BCUT2D eigenvalue weighted by atomic mass is 10.2. The van der Waals surface area contributed by atoms with Crippen LogP contribution in [0.2, 0.25) is 5.02 Å². The van der Waals surface area contributed by atoms with E-state index in [1.54, 1.807) is 10.6 Å². The number of nitrogens with zero attached hydrogens (tertiary/aromatic N) is 3. The summed E-state index contributed by atoms with van der Waals surface area (Å²) in [5.41, 5.74) is 0.171. The lowest BCUT2D eigenvalue weighted by Gasteiger charge is -2.07. The molecule has 1 heterocycles. The molecule has 1 amide bonds. The number of terminal acetylenes is 1. The quantitative estimate of drug-likeness (QED) is 0.357. The van der Waals surface area contributed by atoms with E-state index in [0.29, 0.717) is 17.2 Å². The normalized spacial score (nSPS) is 11.4. The van der Waals surface area contributed by atoms with Gasteiger partial charge in [-0.15, -0.1) is 6.42 Å². The third-order valence-electron chi connectivity index (χ3n) is 3.80. The number of thiazole rings is 1. The van der Waals surface area contributed by atoms with Crippen molar-refractivity contribution in [2.24, 2.45) is 4.99 Å². The molecular formula is C19H14ClN3O4S. The fourth-order valence-corrected chi connectivity index (χ4v) is 3.90. The topological polar surface area (TPSA) is 86.7 Å². The van der Waals surface area contributed by atoms with Crippen LogP contribution in [0.4, 0.5) is 5.69 Å². The van der Waals surface area contributed by atoms with Gasteiger partial charge >= 0.3 is 0 Å². The predicted octanol–water partition coefficient (Wildman–Crippen LogP) is 4.04. The number of halogens is 1. The zero-order chi connectivity index (χ0) is 20.3. The van der Waals surface area contributed by atoms with Gasteiger partial charge in [0.15, 0.2) is 4.80 Å². The molecule has 0 fully saturated rings. The molecule has 9 heteroatoms. The highest BCUT2D eigenvalue weighted by Gasteiger charge is 2.21. The summed E-state index contributed by atoms with van der Waals surface area (Å²) in [5, 5.41) is 11.4. The molecule has 0 radical (unpaired) electrons. The lowest BCUT2D eigenvalue weighted by molar-refractivity contribution is -0.385. The van der Waals surface area contributed by atoms with Gasteiger partial charge < -0.3 is 9.30 Å². The van der Waals surface area contributed by atoms with Gasteiger partial charge in [0.1, 0.15) is 16.8 Å². The summed E-state index contributed by atoms with van der Waals surface area (Å²) in [6, 6.07) is 9.26. The number of hydrogen-bond donors (Lipinski definition) is 0. The van der Waals surface area contributed by atoms with Crippen molar-refractivity contribution in [3.05, 3.63) is 61.9 Å². The van der Waals surface area contributed by atoms with E-state index in [-0.39, 0.29) is 22.8 Å². The molecule has 3 aromatic rings. The van der Waals surface area contributed by atoms with Crippen molar-refractivity contribution in [2.75, 3.05) is 6.61 Å². The predicted molar refractivity (Wildman–Crippen MR) is 108 cm³/mol. The van der Waals surface area contributed by atoms with Gasteiger partial charge in [0.05, 0.1) is 22.8 Å². The first-order valence-electron chi connectivity index (χ1n) is 8.17. The van der Waals surface area contributed by atoms with Crippen molar-refractivity contribution in [1.29, 1.82) is 0 Å². The van der Waals surface area contributed by atoms with Crippen molar-refractivity contribution in [2.45, 2.75) is 13.5 Å². The summed E-state index contributed by atoms with van der Waals surface area (Å²) in [7, 11) is 0. The van der Waals surface area contributed by atoms with Crippen LogP contribution in [0.25, 0.3) is 10.2 Å². The monoisotopic (exact) mass is 415 g/mol. The number of rotatable bonds is 5. The SMILES string of the molecule is C#CCn1c(=NC(=O)c2cc(Cl)ccc2[N+](=O)[O-])sc2cccc(OCC)c21. The number of carbonyl (C=O) groups is 1. The van der Waals surface area contributed by atoms with Crippen LogP contribution in [0.3, 0.4) is 0 Å². The van der Waals surface area contributed by atoms with E-state index in [2.05, 4.69) is 10.9 Å². The molecular weight excluding hydrogens is 402 g/mol. The Bertz CT molecular complexity index is 1190. The molecule has 7 nitrogen and oxygen atoms in total. The minimum Gasteiger partial charge on any atom is -0.492 e. The van der Waals surface area contributed by atoms with Crippen LogP contribution in [-0.4, -0.2) is 22.0 Å². The summed E-state index contributed by atoms with van der Waals surface area (Å²) in [6.45, 7) is 2.49. The van der Waals surface area contributed by atoms with E-state index in [1.165, 1.54) is 29.5 Å². The summed E-state index contributed by atoms with van der Waals surface area (Å²) in [6.07, 6.45) is 5.49. The number of hydrogen-bond acceptors (Lipinski definition) is 5. The molecule has 0 spiro atoms. The van der Waals surface area contributed by atoms with E-state index in [0.717, 1.165) is 10.2 Å². The molecule has 0 aliphatic heterocycles. The van der Waals surface area contributed by atoms with E-state index < -0.39 is 10.8 Å². The number of carbonyl (C=O) groups excluding carboxylic acids is 1. The van der Waals surface area contributed by atoms with Crippen LogP contribution in [0.5, 0.6) is 5.75 Å². The average molecular weight is 416 g/mol. The number of nitro benzene ring substituents is 1. The molecule has 0 saturated heterocycles. The van der Waals surface area contributed by atoms with E-state index in [4.69, 9.17) is 22.8 Å². The maximum absolute atomic E-state index is 12.7. The first-order chi connectivity index (χ1) is 13.5. The van der Waals surface area contributed by atoms with Crippen molar-refractivity contribution in [1.82, 2.24) is 4.57 Å². The molecule has 3 rings (SSSR count). The Morgan fingerprint density at radius 2 is 2.21 bits per heavy atom. The van der Waals surface area contributed by atoms with E-state index in [1.807, 2.05) is 19.1 Å². The largest absolute Gasteiger partial charge is 0.492 e. The Balaban J connectivity index is 2.23. The summed E-state index contributed by atoms with van der Waals surface area (Å²) in [4.78, 5) is 27.7. The Morgan fingerprint density at radius 3 is 2.89 bits per heavy atom. The molecule has 0 saturated carbocycles. The van der Waals surface area contributed by atoms with E-state index in [9.17, 15) is 14.9 Å². The number of aromatic nitrogens is 1. The number of amides is 1. The Hall–Kier alpha value is -3.15. The van der Waals surface area contributed by atoms with Gasteiger partial charge in [-0.3, -0.25) is 14.9 Å². The molecule has 0 aliphatic rings. The highest BCUT2D eigenvalue weighted by atomic mass is 35.5. The van der Waals surface area contributed by atoms with Gasteiger partial charge in [-0.05, 0) is 31.2 Å². The van der Waals surface area contributed by atoms with Crippen LogP contribution in [0.15, 0.2) is 41.4 Å². The standard InChI is InChI=1S/C19H14ClN3O4S/c1-3-10-22-17-15(27-4-2)6-5-7-16(17)28-19(22)21-18(24)13-11-12(20)8-9-14(13)23(25)26/h1,5-9,11H,4,10H2,2H3. The first kappa shape index (κ1) is 19.6. The highest BCUT2D eigenvalue weighted by molar-refractivity contribution is 7.16. The second-order valence-corrected chi connectivity index (χ2v) is 6.99. The van der Waals surface area contributed by atoms with Crippen molar-refractivity contribution < 1.29 is 14.5 Å². The highest BCUT2D eigenvalue weighted by Crippen LogP contribution is 2.28. The van der Waals surface area contributed by atoms with E-state index >= 15 is 0 Å². The second-order valence-electron chi connectivity index (χ2n) is 5.55. The Labute approximate surface area is 169 Å². The van der Waals surface area contributed by atoms with Gasteiger partial charge in [-0.2, -0.15) is 4.99 Å². The van der Waals surface area contributed by atoms with Crippen LogP contribution in [0, 0.1) is 22.5 Å². The molecule has 0 unspecified atom stereocenters. The average Bonchev–Trinajstić information content (AvgIpc) is 3.00. The molecule has 28 heavy (non-hydrogen) atoms.